The number of carbonyl (C=O) groups excluding carboxylic acids is 2. The van der Waals surface area contributed by atoms with E-state index in [1.165, 1.54) is 42.5 Å². The van der Waals surface area contributed by atoms with Crippen molar-refractivity contribution in [2.45, 2.75) is 4.90 Å². The Balaban J connectivity index is 1.93. The highest BCUT2D eigenvalue weighted by Gasteiger charge is 2.15. The van der Waals surface area contributed by atoms with Crippen LogP contribution in [0.1, 0.15) is 10.4 Å². The number of nitrogens with one attached hydrogen (secondary N) is 1. The van der Waals surface area contributed by atoms with Crippen molar-refractivity contribution < 1.29 is 27.9 Å². The summed E-state index contributed by atoms with van der Waals surface area (Å²) in [7, 11) is -3.82. The number of anilines is 1. The maximum absolute atomic E-state index is 11.8. The zero-order valence-electron chi connectivity index (χ0n) is 12.6. The van der Waals surface area contributed by atoms with Crippen molar-refractivity contribution in [2.75, 3.05) is 11.9 Å². The van der Waals surface area contributed by atoms with Crippen LogP contribution in [0.4, 0.5) is 5.69 Å². The molecule has 132 valence electrons. The molecule has 1 amide bonds. The van der Waals surface area contributed by atoms with Gasteiger partial charge in [0.25, 0.3) is 5.91 Å². The van der Waals surface area contributed by atoms with Crippen LogP contribution >= 0.6 is 11.6 Å². The first-order valence-electron chi connectivity index (χ1n) is 6.75. The van der Waals surface area contributed by atoms with Gasteiger partial charge in [0.15, 0.2) is 6.61 Å². The SMILES string of the molecule is NS(=O)(=O)c1ccc(NC(=O)COC(=O)c2ccc(Cl)cc2O)cc1. The molecule has 10 heteroatoms. The molecule has 0 aliphatic carbocycles. The fourth-order valence-corrected chi connectivity index (χ4v) is 2.49. The summed E-state index contributed by atoms with van der Waals surface area (Å²) < 4.78 is 27.1. The minimum Gasteiger partial charge on any atom is -0.507 e. The van der Waals surface area contributed by atoms with Crippen LogP contribution in [0.25, 0.3) is 0 Å². The molecule has 0 heterocycles. The second-order valence-electron chi connectivity index (χ2n) is 4.86. The normalized spacial score (nSPS) is 11.0. The van der Waals surface area contributed by atoms with Crippen LogP contribution in [0.15, 0.2) is 47.4 Å². The van der Waals surface area contributed by atoms with Gasteiger partial charge in [-0.3, -0.25) is 4.79 Å². The van der Waals surface area contributed by atoms with Gasteiger partial charge in [-0.05, 0) is 42.5 Å². The summed E-state index contributed by atoms with van der Waals surface area (Å²) in [5.74, 6) is -1.91. The molecule has 0 unspecified atom stereocenters. The van der Waals surface area contributed by atoms with Gasteiger partial charge in [0.1, 0.15) is 11.3 Å². The van der Waals surface area contributed by atoms with Crippen molar-refractivity contribution in [1.29, 1.82) is 0 Å². The molecule has 8 nitrogen and oxygen atoms in total. The molecule has 25 heavy (non-hydrogen) atoms. The first kappa shape index (κ1) is 18.7. The van der Waals surface area contributed by atoms with Gasteiger partial charge in [-0.25, -0.2) is 18.4 Å². The number of primary sulfonamides is 1. The van der Waals surface area contributed by atoms with Gasteiger partial charge in [0.05, 0.1) is 4.90 Å². The molecule has 0 bridgehead atoms. The van der Waals surface area contributed by atoms with E-state index in [1.807, 2.05) is 0 Å². The zero-order chi connectivity index (χ0) is 18.6. The monoisotopic (exact) mass is 384 g/mol. The fourth-order valence-electron chi connectivity index (χ4n) is 1.81. The lowest BCUT2D eigenvalue weighted by molar-refractivity contribution is -0.119. The number of benzene rings is 2. The first-order chi connectivity index (χ1) is 11.7. The summed E-state index contributed by atoms with van der Waals surface area (Å²) in [5, 5.41) is 17.2. The molecule has 0 aromatic heterocycles. The number of carbonyl (C=O) groups is 2. The van der Waals surface area contributed by atoms with Crippen molar-refractivity contribution in [3.05, 3.63) is 53.1 Å². The van der Waals surface area contributed by atoms with Crippen LogP contribution in [0.2, 0.25) is 5.02 Å². The van der Waals surface area contributed by atoms with Crippen LogP contribution in [0, 0.1) is 0 Å². The Morgan fingerprint density at radius 2 is 1.80 bits per heavy atom. The molecule has 0 aliphatic heterocycles. The van der Waals surface area contributed by atoms with Crippen LogP contribution in [-0.2, 0) is 19.6 Å². The van der Waals surface area contributed by atoms with Crippen LogP contribution in [0.5, 0.6) is 5.75 Å². The Morgan fingerprint density at radius 3 is 2.36 bits per heavy atom. The third-order valence-corrected chi connectivity index (χ3v) is 4.14. The molecule has 0 spiro atoms. The fraction of sp³-hybridized carbons (Fsp3) is 0.0667. The first-order valence-corrected chi connectivity index (χ1v) is 8.67. The lowest BCUT2D eigenvalue weighted by Crippen LogP contribution is -2.21. The predicted octanol–water partition coefficient (Wildman–Crippen LogP) is 1.49. The highest BCUT2D eigenvalue weighted by atomic mass is 35.5. The minimum absolute atomic E-state index is 0.102. The topological polar surface area (TPSA) is 136 Å². The minimum atomic E-state index is -3.82. The Bertz CT molecular complexity index is 912. The maximum atomic E-state index is 11.8. The van der Waals surface area contributed by atoms with E-state index in [0.717, 1.165) is 0 Å². The van der Waals surface area contributed by atoms with Gasteiger partial charge in [-0.1, -0.05) is 11.6 Å². The van der Waals surface area contributed by atoms with Gasteiger partial charge in [-0.15, -0.1) is 0 Å². The Hall–Kier alpha value is -2.62. The molecule has 0 atom stereocenters. The average molecular weight is 385 g/mol. The molecule has 0 radical (unpaired) electrons. The number of nitrogens with two attached hydrogens (primary N) is 1. The summed E-state index contributed by atoms with van der Waals surface area (Å²) in [6.07, 6.45) is 0. The molecule has 0 aliphatic rings. The van der Waals surface area contributed by atoms with Gasteiger partial charge >= 0.3 is 5.97 Å². The smallest absolute Gasteiger partial charge is 0.342 e. The van der Waals surface area contributed by atoms with E-state index in [9.17, 15) is 23.1 Å². The van der Waals surface area contributed by atoms with Crippen molar-refractivity contribution in [2.24, 2.45) is 5.14 Å². The Labute approximate surface area is 148 Å². The zero-order valence-corrected chi connectivity index (χ0v) is 14.2. The number of esters is 1. The molecular formula is C15H13ClN2O6S. The number of amides is 1. The molecule has 0 fully saturated rings. The number of phenolic OH excluding ortho intramolecular Hbond substituents is 1. The van der Waals surface area contributed by atoms with E-state index in [2.05, 4.69) is 5.32 Å². The molecule has 4 N–H and O–H groups in total. The molecular weight excluding hydrogens is 372 g/mol. The summed E-state index contributed by atoms with van der Waals surface area (Å²) in [6.45, 7) is -0.599. The molecule has 2 rings (SSSR count). The van der Waals surface area contributed by atoms with Gasteiger partial charge in [0, 0.05) is 10.7 Å². The quantitative estimate of drug-likeness (QED) is 0.668. The van der Waals surface area contributed by atoms with Crippen molar-refractivity contribution in [1.82, 2.24) is 0 Å². The number of rotatable bonds is 5. The lowest BCUT2D eigenvalue weighted by Gasteiger charge is -2.08. The van der Waals surface area contributed by atoms with E-state index in [1.54, 1.807) is 0 Å². The predicted molar refractivity (Wildman–Crippen MR) is 89.8 cm³/mol. The average Bonchev–Trinajstić information content (AvgIpc) is 2.52. The van der Waals surface area contributed by atoms with E-state index in [0.29, 0.717) is 5.69 Å². The second kappa shape index (κ2) is 7.51. The van der Waals surface area contributed by atoms with Crippen LogP contribution < -0.4 is 10.5 Å². The van der Waals surface area contributed by atoms with E-state index < -0.39 is 28.5 Å². The molecule has 0 saturated heterocycles. The number of aromatic hydroxyl groups is 1. The highest BCUT2D eigenvalue weighted by molar-refractivity contribution is 7.89. The maximum Gasteiger partial charge on any atom is 0.342 e. The highest BCUT2D eigenvalue weighted by Crippen LogP contribution is 2.22. The second-order valence-corrected chi connectivity index (χ2v) is 6.85. The van der Waals surface area contributed by atoms with Gasteiger partial charge in [0.2, 0.25) is 10.0 Å². The largest absolute Gasteiger partial charge is 0.507 e. The number of phenols is 1. The summed E-state index contributed by atoms with van der Waals surface area (Å²) in [6, 6.07) is 8.96. The Morgan fingerprint density at radius 1 is 1.16 bits per heavy atom. The number of hydrogen-bond donors (Lipinski definition) is 3. The van der Waals surface area contributed by atoms with Crippen molar-refractivity contribution in [3.63, 3.8) is 0 Å². The van der Waals surface area contributed by atoms with Gasteiger partial charge in [-0.2, -0.15) is 0 Å². The third-order valence-electron chi connectivity index (χ3n) is 2.98. The van der Waals surface area contributed by atoms with Crippen LogP contribution in [-0.4, -0.2) is 32.0 Å². The standard InChI is InChI=1S/C15H13ClN2O6S/c16-9-1-6-12(13(19)7-9)15(21)24-8-14(20)18-10-2-4-11(5-3-10)25(17,22)23/h1-7,19H,8H2,(H,18,20)(H2,17,22,23). The molecule has 2 aromatic rings. The summed E-state index contributed by atoms with van der Waals surface area (Å²) in [5.41, 5.74) is 0.164. The van der Waals surface area contributed by atoms with Crippen molar-refractivity contribution in [3.8, 4) is 5.75 Å². The number of halogens is 1. The van der Waals surface area contributed by atoms with Crippen molar-refractivity contribution >= 4 is 39.2 Å². The number of sulfonamides is 1. The number of ether oxygens (including phenoxy) is 1. The lowest BCUT2D eigenvalue weighted by atomic mass is 10.2. The van der Waals surface area contributed by atoms with E-state index >= 15 is 0 Å². The molecule has 0 saturated carbocycles. The third kappa shape index (κ3) is 5.18. The Kier molecular flexibility index (Phi) is 5.62. The number of hydrogen-bond acceptors (Lipinski definition) is 6. The summed E-state index contributed by atoms with van der Waals surface area (Å²) >= 11 is 5.66. The summed E-state index contributed by atoms with van der Waals surface area (Å²) in [4.78, 5) is 23.5. The van der Waals surface area contributed by atoms with Gasteiger partial charge < -0.3 is 15.2 Å². The van der Waals surface area contributed by atoms with E-state index in [-0.39, 0.29) is 21.2 Å². The molecule has 2 aromatic carbocycles. The van der Waals surface area contributed by atoms with E-state index in [4.69, 9.17) is 21.5 Å². The van der Waals surface area contributed by atoms with Crippen LogP contribution in [0.3, 0.4) is 0 Å².